The zero-order valence-electron chi connectivity index (χ0n) is 36.1. The molecule has 50 heavy (non-hydrogen) atoms. The lowest BCUT2D eigenvalue weighted by Gasteiger charge is -2.12. The molecule has 5 heteroatoms. The van der Waals surface area contributed by atoms with Gasteiger partial charge in [-0.2, -0.15) is 0 Å². The molecule has 0 aliphatic carbocycles. The first-order valence-electron chi connectivity index (χ1n) is 20.9. The number of hydrogen-bond donors (Lipinski definition) is 0. The fraction of sp³-hybridized carbons (Fsp3) is 0. The quantitative estimate of drug-likeness (QED) is 0.186. The number of benzene rings is 7. The molecule has 0 saturated heterocycles. The highest BCUT2D eigenvalue weighted by molar-refractivity contribution is 6.10. The van der Waals surface area contributed by atoms with Gasteiger partial charge in [0, 0.05) is 43.9 Å². The highest BCUT2D eigenvalue weighted by Crippen LogP contribution is 2.37. The van der Waals surface area contributed by atoms with E-state index < -0.39 is 60.4 Å². The van der Waals surface area contributed by atoms with Crippen molar-refractivity contribution in [3.05, 3.63) is 170 Å². The van der Waals surface area contributed by atoms with Crippen LogP contribution in [0.15, 0.2) is 174 Å². The van der Waals surface area contributed by atoms with Crippen molar-refractivity contribution in [1.29, 1.82) is 0 Å². The van der Waals surface area contributed by atoms with Crippen LogP contribution in [0.2, 0.25) is 0 Å². The van der Waals surface area contributed by atoms with E-state index in [0.717, 1.165) is 60.6 Å². The summed E-state index contributed by atoms with van der Waals surface area (Å²) in [5, 5.41) is 3.97. The minimum atomic E-state index is -0.608. The molecule has 3 aromatic heterocycles. The third-order valence-corrected chi connectivity index (χ3v) is 8.83. The third-order valence-electron chi connectivity index (χ3n) is 8.83. The van der Waals surface area contributed by atoms with E-state index in [9.17, 15) is 0 Å². The Bertz CT molecular complexity index is 3330. The Morgan fingerprint density at radius 1 is 0.420 bits per heavy atom. The predicted octanol–water partition coefficient (Wildman–Crippen LogP) is 11.5. The largest absolute Gasteiger partial charge is 0.456 e. The molecule has 0 bridgehead atoms. The van der Waals surface area contributed by atoms with Gasteiger partial charge in [0.1, 0.15) is 11.2 Å². The van der Waals surface area contributed by atoms with Gasteiger partial charge in [0.15, 0.2) is 17.5 Å². The van der Waals surface area contributed by atoms with Gasteiger partial charge in [0.2, 0.25) is 0 Å². The smallest absolute Gasteiger partial charge is 0.164 e. The predicted molar refractivity (Wildman–Crippen MR) is 203 cm³/mol. The molecule has 0 unspecified atom stereocenters. The van der Waals surface area contributed by atoms with E-state index in [1.54, 1.807) is 6.07 Å². The molecule has 0 saturated carbocycles. The molecule has 5 nitrogen and oxygen atoms in total. The molecule has 0 fully saturated rings. The van der Waals surface area contributed by atoms with Crippen molar-refractivity contribution in [1.82, 2.24) is 19.5 Å². The summed E-state index contributed by atoms with van der Waals surface area (Å²) in [7, 11) is 0. The second kappa shape index (κ2) is 11.4. The number of para-hydroxylation sites is 2. The van der Waals surface area contributed by atoms with E-state index in [0.29, 0.717) is 5.56 Å². The van der Waals surface area contributed by atoms with Gasteiger partial charge in [0.05, 0.1) is 24.7 Å². The van der Waals surface area contributed by atoms with Crippen molar-refractivity contribution in [2.24, 2.45) is 0 Å². The van der Waals surface area contributed by atoms with Gasteiger partial charge in [0.25, 0.3) is 0 Å². The molecule has 7 aromatic carbocycles. The zero-order chi connectivity index (χ0) is 41.7. The van der Waals surface area contributed by atoms with E-state index in [1.165, 1.54) is 0 Å². The fourth-order valence-electron chi connectivity index (χ4n) is 6.57. The first-order valence-corrected chi connectivity index (χ1v) is 15.9. The minimum Gasteiger partial charge on any atom is -0.456 e. The third kappa shape index (κ3) is 4.67. The maximum Gasteiger partial charge on any atom is 0.164 e. The monoisotopic (exact) mass is 650 g/mol. The van der Waals surface area contributed by atoms with Crippen LogP contribution in [0.3, 0.4) is 0 Å². The van der Waals surface area contributed by atoms with Crippen LogP contribution in [0, 0.1) is 0 Å². The molecule has 10 aromatic rings. The summed E-state index contributed by atoms with van der Waals surface area (Å²) in [6.07, 6.45) is 0. The highest BCUT2D eigenvalue weighted by Gasteiger charge is 2.17. The van der Waals surface area contributed by atoms with Gasteiger partial charge in [-0.1, -0.05) is 127 Å². The van der Waals surface area contributed by atoms with Crippen molar-refractivity contribution < 1.29 is 18.1 Å². The fourth-order valence-corrected chi connectivity index (χ4v) is 6.57. The van der Waals surface area contributed by atoms with Crippen molar-refractivity contribution in [3.63, 3.8) is 0 Å². The van der Waals surface area contributed by atoms with Crippen LogP contribution >= 0.6 is 0 Å². The number of nitrogens with zero attached hydrogens (tertiary/aromatic N) is 4. The zero-order valence-corrected chi connectivity index (χ0v) is 26.1. The topological polar surface area (TPSA) is 56.7 Å². The molecule has 0 N–H and O–H groups in total. The minimum absolute atomic E-state index is 0.0137. The number of furan rings is 1. The Kier molecular flexibility index (Phi) is 4.52. The molecule has 0 aliphatic heterocycles. The Morgan fingerprint density at radius 2 is 1.00 bits per heavy atom. The Hall–Kier alpha value is -6.85. The summed E-state index contributed by atoms with van der Waals surface area (Å²) in [5.74, 6) is -0.664. The van der Waals surface area contributed by atoms with Crippen LogP contribution in [-0.2, 0) is 0 Å². The molecular weight excluding hydrogens is 613 g/mol. The van der Waals surface area contributed by atoms with Crippen molar-refractivity contribution in [2.45, 2.75) is 0 Å². The van der Waals surface area contributed by atoms with E-state index in [2.05, 4.69) is 37.7 Å². The summed E-state index contributed by atoms with van der Waals surface area (Å²) in [6.45, 7) is 0. The lowest BCUT2D eigenvalue weighted by Crippen LogP contribution is -2.00. The maximum absolute atomic E-state index is 8.70. The van der Waals surface area contributed by atoms with Gasteiger partial charge in [-0.15, -0.1) is 0 Å². The van der Waals surface area contributed by atoms with Gasteiger partial charge in [-0.3, -0.25) is 0 Å². The van der Waals surface area contributed by atoms with Gasteiger partial charge >= 0.3 is 0 Å². The van der Waals surface area contributed by atoms with Crippen molar-refractivity contribution in [2.75, 3.05) is 0 Å². The number of fused-ring (bicyclic) bond motifs is 6. The highest BCUT2D eigenvalue weighted by atomic mass is 16.3. The van der Waals surface area contributed by atoms with Crippen LogP contribution in [-0.4, -0.2) is 19.5 Å². The molecule has 0 atom stereocenters. The molecule has 0 radical (unpaired) electrons. The van der Waals surface area contributed by atoms with Gasteiger partial charge < -0.3 is 8.98 Å². The van der Waals surface area contributed by atoms with E-state index in [4.69, 9.17) is 18.1 Å². The van der Waals surface area contributed by atoms with Crippen LogP contribution in [0.5, 0.6) is 0 Å². The van der Waals surface area contributed by atoms with Crippen LogP contribution in [0.25, 0.3) is 94.7 Å². The lowest BCUT2D eigenvalue weighted by molar-refractivity contribution is 0.669. The van der Waals surface area contributed by atoms with E-state index in [1.807, 2.05) is 84.9 Å². The molecule has 0 aliphatic rings. The molecule has 0 amide bonds. The number of aromatic nitrogens is 4. The SMILES string of the molecule is [2H]c1c([2H])c([2H])c(-c2nc(-c3ccc4c5ccccc5n(-c5cccc(-c6ccc7c(c6)oc6ccccc67)c5)c4c3)nc(-c3c([2H])c([2H])c([2H])c([2H])c3[2H])n2)c([2H])c1[2H]. The Balaban J connectivity index is 1.19. The average molecular weight is 651 g/mol. The second-order valence-corrected chi connectivity index (χ2v) is 11.8. The summed E-state index contributed by atoms with van der Waals surface area (Å²) in [4.78, 5) is 13.7. The molecule has 0 spiro atoms. The summed E-state index contributed by atoms with van der Waals surface area (Å²) >= 11 is 0. The Labute approximate surface area is 301 Å². The summed E-state index contributed by atoms with van der Waals surface area (Å²) in [6, 6.07) is 29.9. The van der Waals surface area contributed by atoms with Crippen LogP contribution in [0.4, 0.5) is 0 Å². The first kappa shape index (κ1) is 19.8. The molecule has 234 valence electrons. The van der Waals surface area contributed by atoms with E-state index >= 15 is 0 Å². The Morgan fingerprint density at radius 3 is 1.76 bits per heavy atom. The standard InChI is InChI=1S/C45H28N4O/c1-3-12-29(13-4-1)43-46-44(30-14-5-2-6-15-30)48-45(47-43)33-23-24-36-35-18-7-9-20-39(35)49(40(36)27-33)34-17-11-16-31(26-34)32-22-25-38-37-19-8-10-21-41(37)50-42(38)28-32/h1-28H/i1D,2D,3D,4D,5D,6D,12D,13D,14D,15D. The first-order chi connectivity index (χ1) is 28.9. The summed E-state index contributed by atoms with van der Waals surface area (Å²) in [5.41, 5.74) is 5.85. The van der Waals surface area contributed by atoms with Crippen molar-refractivity contribution >= 4 is 43.7 Å². The van der Waals surface area contributed by atoms with E-state index in [-0.39, 0.29) is 28.6 Å². The second-order valence-electron chi connectivity index (χ2n) is 11.8. The van der Waals surface area contributed by atoms with Gasteiger partial charge in [-0.05, 0) is 53.6 Å². The van der Waals surface area contributed by atoms with Crippen molar-refractivity contribution in [3.8, 4) is 51.0 Å². The van der Waals surface area contributed by atoms with Crippen LogP contribution in [0.1, 0.15) is 13.7 Å². The summed E-state index contributed by atoms with van der Waals surface area (Å²) < 4.78 is 92.7. The van der Waals surface area contributed by atoms with Gasteiger partial charge in [-0.25, -0.2) is 15.0 Å². The van der Waals surface area contributed by atoms with Crippen LogP contribution < -0.4 is 0 Å². The normalized spacial score (nSPS) is 14.4. The molecular formula is C45H28N4O. The number of rotatable bonds is 5. The molecule has 10 rings (SSSR count). The lowest BCUT2D eigenvalue weighted by atomic mass is 10.0. The average Bonchev–Trinajstić information content (AvgIpc) is 3.81. The maximum atomic E-state index is 8.70. The number of hydrogen-bond acceptors (Lipinski definition) is 4. The molecule has 3 heterocycles.